The van der Waals surface area contributed by atoms with E-state index in [9.17, 15) is 9.59 Å². The predicted molar refractivity (Wildman–Crippen MR) is 108 cm³/mol. The van der Waals surface area contributed by atoms with Gasteiger partial charge >= 0.3 is 5.97 Å². The Balaban J connectivity index is 1.48. The molecule has 5 nitrogen and oxygen atoms in total. The van der Waals surface area contributed by atoms with Gasteiger partial charge in [-0.1, -0.05) is 46.3 Å². The summed E-state index contributed by atoms with van der Waals surface area (Å²) in [5.41, 5.74) is 0.443. The summed E-state index contributed by atoms with van der Waals surface area (Å²) in [5.74, 6) is 0.0955. The normalized spacial score (nSPS) is 11.0. The van der Waals surface area contributed by atoms with Crippen molar-refractivity contribution in [2.45, 2.75) is 13.0 Å². The lowest BCUT2D eigenvalue weighted by Crippen LogP contribution is -2.23. The molecular formula is C21H15BrN2O3. The van der Waals surface area contributed by atoms with E-state index >= 15 is 0 Å². The molecule has 0 saturated carbocycles. The van der Waals surface area contributed by atoms with Crippen LogP contribution in [0, 0.1) is 0 Å². The van der Waals surface area contributed by atoms with Crippen molar-refractivity contribution in [3.05, 3.63) is 81.8 Å². The molecule has 0 aliphatic heterocycles. The van der Waals surface area contributed by atoms with Gasteiger partial charge in [0.25, 0.3) is 5.56 Å². The second-order valence-electron chi connectivity index (χ2n) is 6.14. The van der Waals surface area contributed by atoms with Crippen LogP contribution in [0.4, 0.5) is 0 Å². The summed E-state index contributed by atoms with van der Waals surface area (Å²) < 4.78 is 7.64. The van der Waals surface area contributed by atoms with Gasteiger partial charge in [-0.05, 0) is 41.1 Å². The van der Waals surface area contributed by atoms with Crippen LogP contribution in [0.15, 0.2) is 76.3 Å². The first-order chi connectivity index (χ1) is 13.1. The fourth-order valence-electron chi connectivity index (χ4n) is 2.92. The van der Waals surface area contributed by atoms with Gasteiger partial charge in [0.05, 0.1) is 23.7 Å². The Labute approximate surface area is 163 Å². The number of esters is 1. The second-order valence-corrected chi connectivity index (χ2v) is 7.05. The highest BCUT2D eigenvalue weighted by atomic mass is 79.9. The number of hydrogen-bond acceptors (Lipinski definition) is 4. The van der Waals surface area contributed by atoms with E-state index in [0.29, 0.717) is 16.7 Å². The summed E-state index contributed by atoms with van der Waals surface area (Å²) in [6.07, 6.45) is 1.54. The van der Waals surface area contributed by atoms with Crippen molar-refractivity contribution in [3.8, 4) is 5.75 Å². The number of carbonyl (C=O) groups is 1. The van der Waals surface area contributed by atoms with Gasteiger partial charge in [-0.2, -0.15) is 0 Å². The number of fused-ring (bicyclic) bond motifs is 2. The van der Waals surface area contributed by atoms with Gasteiger partial charge in [-0.25, -0.2) is 4.98 Å². The average Bonchev–Trinajstić information content (AvgIpc) is 2.68. The molecule has 0 saturated heterocycles. The van der Waals surface area contributed by atoms with E-state index in [4.69, 9.17) is 4.74 Å². The monoisotopic (exact) mass is 422 g/mol. The number of ether oxygens (including phenoxy) is 1. The van der Waals surface area contributed by atoms with Gasteiger partial charge in [0.1, 0.15) is 5.75 Å². The zero-order chi connectivity index (χ0) is 18.8. The molecule has 3 aromatic carbocycles. The molecule has 4 aromatic rings. The summed E-state index contributed by atoms with van der Waals surface area (Å²) in [6.45, 7) is 0.209. The van der Waals surface area contributed by atoms with Crippen LogP contribution < -0.4 is 10.3 Å². The Morgan fingerprint density at radius 1 is 1.04 bits per heavy atom. The number of aromatic nitrogens is 2. The van der Waals surface area contributed by atoms with E-state index < -0.39 is 5.97 Å². The predicted octanol–water partition coefficient (Wildman–Crippen LogP) is 4.31. The first-order valence-electron chi connectivity index (χ1n) is 8.44. The van der Waals surface area contributed by atoms with Gasteiger partial charge < -0.3 is 4.74 Å². The number of benzene rings is 3. The molecule has 0 atom stereocenters. The minimum Gasteiger partial charge on any atom is -0.426 e. The highest BCUT2D eigenvalue weighted by molar-refractivity contribution is 9.10. The maximum atomic E-state index is 12.5. The van der Waals surface area contributed by atoms with Crippen LogP contribution in [0.5, 0.6) is 5.75 Å². The molecule has 0 bridgehead atoms. The lowest BCUT2D eigenvalue weighted by Gasteiger charge is -2.08. The fraction of sp³-hybridized carbons (Fsp3) is 0.0952. The van der Waals surface area contributed by atoms with E-state index in [1.807, 2.05) is 42.5 Å². The van der Waals surface area contributed by atoms with Crippen LogP contribution in [0.25, 0.3) is 21.7 Å². The van der Waals surface area contributed by atoms with Gasteiger partial charge in [0.15, 0.2) is 0 Å². The second kappa shape index (κ2) is 7.32. The van der Waals surface area contributed by atoms with Crippen molar-refractivity contribution >= 4 is 43.6 Å². The van der Waals surface area contributed by atoms with Crippen molar-refractivity contribution in [2.75, 3.05) is 0 Å². The number of carbonyl (C=O) groups excluding carboxylic acids is 1. The van der Waals surface area contributed by atoms with Gasteiger partial charge in [0.2, 0.25) is 0 Å². The molecule has 0 amide bonds. The average molecular weight is 423 g/mol. The van der Waals surface area contributed by atoms with Crippen molar-refractivity contribution in [2.24, 2.45) is 0 Å². The smallest absolute Gasteiger partial charge is 0.312 e. The largest absolute Gasteiger partial charge is 0.426 e. The minimum absolute atomic E-state index is 0.0773. The molecule has 0 spiro atoms. The van der Waals surface area contributed by atoms with Crippen molar-refractivity contribution < 1.29 is 9.53 Å². The first-order valence-corrected chi connectivity index (χ1v) is 9.24. The molecule has 4 rings (SSSR count). The fourth-order valence-corrected chi connectivity index (χ4v) is 3.28. The third-order valence-electron chi connectivity index (χ3n) is 4.30. The summed E-state index contributed by atoms with van der Waals surface area (Å²) in [7, 11) is 0. The van der Waals surface area contributed by atoms with E-state index in [1.165, 1.54) is 10.9 Å². The lowest BCUT2D eigenvalue weighted by atomic mass is 10.1. The van der Waals surface area contributed by atoms with Crippen LogP contribution in [0.1, 0.15) is 6.42 Å². The summed E-state index contributed by atoms with van der Waals surface area (Å²) in [5, 5.41) is 2.59. The van der Waals surface area contributed by atoms with Crippen molar-refractivity contribution in [1.29, 1.82) is 0 Å². The molecule has 0 fully saturated rings. The van der Waals surface area contributed by atoms with Crippen LogP contribution >= 0.6 is 15.9 Å². The highest BCUT2D eigenvalue weighted by Gasteiger charge is 2.09. The number of nitrogens with zero attached hydrogens (tertiary/aromatic N) is 2. The number of aryl methyl sites for hydroxylation is 1. The van der Waals surface area contributed by atoms with E-state index in [-0.39, 0.29) is 18.5 Å². The van der Waals surface area contributed by atoms with Crippen LogP contribution in [0.2, 0.25) is 0 Å². The maximum absolute atomic E-state index is 12.5. The third kappa shape index (κ3) is 3.75. The van der Waals surface area contributed by atoms with E-state index in [2.05, 4.69) is 20.9 Å². The molecule has 134 valence electrons. The zero-order valence-electron chi connectivity index (χ0n) is 14.3. The van der Waals surface area contributed by atoms with Crippen LogP contribution in [0.3, 0.4) is 0 Å². The molecule has 0 aliphatic carbocycles. The molecule has 0 unspecified atom stereocenters. The third-order valence-corrected chi connectivity index (χ3v) is 4.79. The lowest BCUT2D eigenvalue weighted by molar-refractivity contribution is -0.134. The Hall–Kier alpha value is -2.99. The summed E-state index contributed by atoms with van der Waals surface area (Å²) in [4.78, 5) is 29.0. The molecule has 0 radical (unpaired) electrons. The SMILES string of the molecule is O=C(CCn1cnc2ccc(Br)cc2c1=O)Oc1ccc2ccccc2c1. The Kier molecular flexibility index (Phi) is 4.73. The van der Waals surface area contributed by atoms with Crippen molar-refractivity contribution in [1.82, 2.24) is 9.55 Å². The molecule has 1 aromatic heterocycles. The topological polar surface area (TPSA) is 61.2 Å². The number of halogens is 1. The number of rotatable bonds is 4. The zero-order valence-corrected chi connectivity index (χ0v) is 15.8. The Morgan fingerprint density at radius 2 is 1.85 bits per heavy atom. The first kappa shape index (κ1) is 17.4. The number of hydrogen-bond donors (Lipinski definition) is 0. The van der Waals surface area contributed by atoms with Crippen LogP contribution in [-0.2, 0) is 11.3 Å². The van der Waals surface area contributed by atoms with E-state index in [1.54, 1.807) is 18.2 Å². The molecule has 6 heteroatoms. The molecule has 1 heterocycles. The van der Waals surface area contributed by atoms with Gasteiger partial charge in [0, 0.05) is 11.0 Å². The quantitative estimate of drug-likeness (QED) is 0.363. The van der Waals surface area contributed by atoms with Crippen molar-refractivity contribution in [3.63, 3.8) is 0 Å². The maximum Gasteiger partial charge on any atom is 0.312 e. The molecular weight excluding hydrogens is 408 g/mol. The summed E-state index contributed by atoms with van der Waals surface area (Å²) >= 11 is 3.36. The van der Waals surface area contributed by atoms with E-state index in [0.717, 1.165) is 15.2 Å². The molecule has 0 aliphatic rings. The summed E-state index contributed by atoms with van der Waals surface area (Å²) in [6, 6.07) is 18.7. The molecule has 0 N–H and O–H groups in total. The minimum atomic E-state index is -0.397. The Bertz CT molecular complexity index is 1220. The van der Waals surface area contributed by atoms with Gasteiger partial charge in [-0.15, -0.1) is 0 Å². The molecule has 27 heavy (non-hydrogen) atoms. The van der Waals surface area contributed by atoms with Gasteiger partial charge in [-0.3, -0.25) is 14.2 Å². The standard InChI is InChI=1S/C21H15BrN2O3/c22-16-6-8-19-18(12-16)21(26)24(13-23-19)10-9-20(25)27-17-7-5-14-3-1-2-4-15(14)11-17/h1-8,11-13H,9-10H2. The Morgan fingerprint density at radius 3 is 2.70 bits per heavy atom. The van der Waals surface area contributed by atoms with Crippen LogP contribution in [-0.4, -0.2) is 15.5 Å². The highest BCUT2D eigenvalue weighted by Crippen LogP contribution is 2.21.